The molecule has 0 saturated carbocycles. The molecule has 0 fully saturated rings. The van der Waals surface area contributed by atoms with Crippen molar-refractivity contribution in [2.45, 2.75) is 19.4 Å². The van der Waals surface area contributed by atoms with Gasteiger partial charge in [-0.1, -0.05) is 60.7 Å². The maximum atomic E-state index is 13.1. The van der Waals surface area contributed by atoms with Crippen molar-refractivity contribution in [3.63, 3.8) is 0 Å². The Kier molecular flexibility index (Phi) is 5.30. The Morgan fingerprint density at radius 3 is 2.36 bits per heavy atom. The van der Waals surface area contributed by atoms with Crippen LogP contribution in [0.1, 0.15) is 16.8 Å². The molecule has 0 aliphatic carbocycles. The van der Waals surface area contributed by atoms with E-state index in [1.165, 1.54) is 4.31 Å². The largest absolute Gasteiger partial charge is 0.282 e. The van der Waals surface area contributed by atoms with Crippen molar-refractivity contribution in [3.05, 3.63) is 77.5 Å². The van der Waals surface area contributed by atoms with Crippen molar-refractivity contribution in [2.75, 3.05) is 20.1 Å². The molecule has 6 nitrogen and oxygen atoms in total. The van der Waals surface area contributed by atoms with Crippen molar-refractivity contribution in [1.82, 2.24) is 18.8 Å². The van der Waals surface area contributed by atoms with E-state index in [1.54, 1.807) is 11.4 Å². The zero-order chi connectivity index (χ0) is 19.6. The van der Waals surface area contributed by atoms with E-state index in [1.807, 2.05) is 60.7 Å². The number of rotatable bonds is 5. The molecule has 0 spiro atoms. The molecular formula is C21H24N4O2S. The first-order valence-corrected chi connectivity index (χ1v) is 10.8. The number of hydrogen-bond acceptors (Lipinski definition) is 3. The van der Waals surface area contributed by atoms with Crippen LogP contribution in [0.5, 0.6) is 0 Å². The summed E-state index contributed by atoms with van der Waals surface area (Å²) in [6, 6.07) is 19.7. The van der Waals surface area contributed by atoms with Crippen LogP contribution in [-0.2, 0) is 29.6 Å². The first kappa shape index (κ1) is 18.9. The molecule has 7 heteroatoms. The molecule has 2 heterocycles. The fraction of sp³-hybridized carbons (Fsp3) is 0.286. The number of benzene rings is 2. The summed E-state index contributed by atoms with van der Waals surface area (Å²) in [5.74, 6) is 0. The highest BCUT2D eigenvalue weighted by atomic mass is 32.2. The Balaban J connectivity index is 1.51. The van der Waals surface area contributed by atoms with Gasteiger partial charge in [-0.3, -0.25) is 5.10 Å². The lowest BCUT2D eigenvalue weighted by Gasteiger charge is -2.26. The van der Waals surface area contributed by atoms with Crippen LogP contribution >= 0.6 is 0 Å². The van der Waals surface area contributed by atoms with Gasteiger partial charge < -0.3 is 0 Å². The van der Waals surface area contributed by atoms with Gasteiger partial charge in [-0.15, -0.1) is 0 Å². The maximum Gasteiger partial charge on any atom is 0.282 e. The molecule has 0 amide bonds. The third-order valence-electron chi connectivity index (χ3n) is 5.19. The number of nitrogens with zero attached hydrogens (tertiary/aromatic N) is 3. The number of aromatic amines is 1. The quantitative estimate of drug-likeness (QED) is 0.721. The van der Waals surface area contributed by atoms with Crippen LogP contribution in [0.3, 0.4) is 0 Å². The smallest absolute Gasteiger partial charge is 0.282 e. The average molecular weight is 397 g/mol. The maximum absolute atomic E-state index is 13.1. The van der Waals surface area contributed by atoms with Crippen molar-refractivity contribution in [1.29, 1.82) is 0 Å². The number of aromatic nitrogens is 2. The van der Waals surface area contributed by atoms with Gasteiger partial charge >= 0.3 is 0 Å². The second-order valence-corrected chi connectivity index (χ2v) is 9.08. The summed E-state index contributed by atoms with van der Waals surface area (Å²) in [6.45, 7) is 1.26. The first-order valence-electron chi connectivity index (χ1n) is 9.42. The molecule has 4 rings (SSSR count). The van der Waals surface area contributed by atoms with E-state index < -0.39 is 10.2 Å². The molecule has 0 radical (unpaired) electrons. The standard InChI is InChI=1S/C21H24N4O2S/c1-24(16-17-8-4-2-5-9-17)28(26,27)25-14-12-19-20(13-15-25)22-23-21(19)18-10-6-3-7-11-18/h2-11H,12-16H2,1H3,(H,22,23). The Bertz CT molecular complexity index is 1030. The highest BCUT2D eigenvalue weighted by Crippen LogP contribution is 2.27. The molecule has 1 aliphatic rings. The molecule has 3 aromatic rings. The van der Waals surface area contributed by atoms with Crippen LogP contribution in [0.25, 0.3) is 11.3 Å². The predicted molar refractivity (Wildman–Crippen MR) is 110 cm³/mol. The van der Waals surface area contributed by atoms with Gasteiger partial charge in [-0.25, -0.2) is 0 Å². The SMILES string of the molecule is CN(Cc1ccccc1)S(=O)(=O)N1CCc2[nH]nc(-c3ccccc3)c2CC1. The minimum atomic E-state index is -3.52. The highest BCUT2D eigenvalue weighted by molar-refractivity contribution is 7.86. The van der Waals surface area contributed by atoms with Crippen LogP contribution in [0.2, 0.25) is 0 Å². The van der Waals surface area contributed by atoms with Crippen molar-refractivity contribution in [2.24, 2.45) is 0 Å². The van der Waals surface area contributed by atoms with Crippen molar-refractivity contribution in [3.8, 4) is 11.3 Å². The number of hydrogen-bond donors (Lipinski definition) is 1. The Morgan fingerprint density at radius 2 is 1.64 bits per heavy atom. The van der Waals surface area contributed by atoms with E-state index in [9.17, 15) is 8.42 Å². The van der Waals surface area contributed by atoms with Gasteiger partial charge in [0.2, 0.25) is 0 Å². The highest BCUT2D eigenvalue weighted by Gasteiger charge is 2.30. The topological polar surface area (TPSA) is 69.3 Å². The monoisotopic (exact) mass is 396 g/mol. The lowest BCUT2D eigenvalue weighted by atomic mass is 10.0. The van der Waals surface area contributed by atoms with Gasteiger partial charge in [0.25, 0.3) is 10.2 Å². The number of H-pyrrole nitrogens is 1. The molecule has 0 unspecified atom stereocenters. The van der Waals surface area contributed by atoms with E-state index in [0.29, 0.717) is 32.5 Å². The summed E-state index contributed by atoms with van der Waals surface area (Å²) in [5, 5.41) is 7.61. The Hall–Kier alpha value is -2.48. The van der Waals surface area contributed by atoms with E-state index in [4.69, 9.17) is 0 Å². The van der Waals surface area contributed by atoms with Crippen LogP contribution in [0, 0.1) is 0 Å². The van der Waals surface area contributed by atoms with Crippen LogP contribution in [-0.4, -0.2) is 47.4 Å². The number of nitrogens with one attached hydrogen (secondary N) is 1. The van der Waals surface area contributed by atoms with Gasteiger partial charge in [0.15, 0.2) is 0 Å². The van der Waals surface area contributed by atoms with E-state index in [2.05, 4.69) is 10.2 Å². The van der Waals surface area contributed by atoms with E-state index in [0.717, 1.165) is 28.1 Å². The molecule has 1 aromatic heterocycles. The summed E-state index contributed by atoms with van der Waals surface area (Å²) in [6.07, 6.45) is 1.28. The second-order valence-electron chi connectivity index (χ2n) is 7.04. The lowest BCUT2D eigenvalue weighted by molar-refractivity contribution is 0.364. The van der Waals surface area contributed by atoms with Gasteiger partial charge in [-0.05, 0) is 12.0 Å². The van der Waals surface area contributed by atoms with Crippen LogP contribution in [0.15, 0.2) is 60.7 Å². The molecule has 0 atom stereocenters. The molecule has 28 heavy (non-hydrogen) atoms. The summed E-state index contributed by atoms with van der Waals surface area (Å²) in [5.41, 5.74) is 5.10. The minimum absolute atomic E-state index is 0.363. The normalized spacial score (nSPS) is 15.4. The van der Waals surface area contributed by atoms with Crippen LogP contribution in [0.4, 0.5) is 0 Å². The van der Waals surface area contributed by atoms with E-state index in [-0.39, 0.29) is 0 Å². The molecule has 0 saturated heterocycles. The van der Waals surface area contributed by atoms with Crippen LogP contribution < -0.4 is 0 Å². The summed E-state index contributed by atoms with van der Waals surface area (Å²) in [7, 11) is -1.88. The zero-order valence-electron chi connectivity index (χ0n) is 15.9. The first-order chi connectivity index (χ1) is 13.6. The Labute approximate surface area is 166 Å². The van der Waals surface area contributed by atoms with Gasteiger partial charge in [0.1, 0.15) is 0 Å². The molecule has 2 aromatic carbocycles. The molecule has 146 valence electrons. The third kappa shape index (κ3) is 3.73. The van der Waals surface area contributed by atoms with Crippen molar-refractivity contribution >= 4 is 10.2 Å². The zero-order valence-corrected chi connectivity index (χ0v) is 16.7. The Morgan fingerprint density at radius 1 is 1.00 bits per heavy atom. The molecule has 1 aliphatic heterocycles. The number of fused-ring (bicyclic) bond motifs is 1. The fourth-order valence-corrected chi connectivity index (χ4v) is 5.00. The summed E-state index contributed by atoms with van der Waals surface area (Å²) >= 11 is 0. The third-order valence-corrected chi connectivity index (χ3v) is 7.13. The minimum Gasteiger partial charge on any atom is -0.282 e. The van der Waals surface area contributed by atoms with Gasteiger partial charge in [-0.2, -0.15) is 22.1 Å². The second kappa shape index (κ2) is 7.87. The van der Waals surface area contributed by atoms with E-state index >= 15 is 0 Å². The average Bonchev–Trinajstić information content (AvgIpc) is 3.00. The molecule has 0 bridgehead atoms. The summed E-state index contributed by atoms with van der Waals surface area (Å²) in [4.78, 5) is 0. The van der Waals surface area contributed by atoms with Gasteiger partial charge in [0.05, 0.1) is 5.69 Å². The molecular weight excluding hydrogens is 372 g/mol. The predicted octanol–water partition coefficient (Wildman–Crippen LogP) is 2.85. The lowest BCUT2D eigenvalue weighted by Crippen LogP contribution is -2.42. The van der Waals surface area contributed by atoms with Crippen molar-refractivity contribution < 1.29 is 8.42 Å². The molecule has 1 N–H and O–H groups in total. The summed E-state index contributed by atoms with van der Waals surface area (Å²) < 4.78 is 29.2. The van der Waals surface area contributed by atoms with Gasteiger partial charge in [0, 0.05) is 49.9 Å². The fourth-order valence-electron chi connectivity index (χ4n) is 3.65.